The van der Waals surface area contributed by atoms with E-state index in [-0.39, 0.29) is 5.82 Å². The number of primary amides is 1. The number of hydrogen-bond acceptors (Lipinski definition) is 2. The Balaban J connectivity index is 2.44. The van der Waals surface area contributed by atoms with Crippen LogP contribution < -0.4 is 5.73 Å². The lowest BCUT2D eigenvalue weighted by Gasteiger charge is -2.07. The smallest absolute Gasteiger partial charge is 0.248 e. The van der Waals surface area contributed by atoms with Crippen molar-refractivity contribution < 1.29 is 9.18 Å². The van der Waals surface area contributed by atoms with E-state index in [1.54, 1.807) is 36.4 Å². The van der Waals surface area contributed by atoms with Crippen LogP contribution >= 0.6 is 0 Å². The van der Waals surface area contributed by atoms with Crippen molar-refractivity contribution in [2.24, 2.45) is 5.73 Å². The Kier molecular flexibility index (Phi) is 3.92. The van der Waals surface area contributed by atoms with Gasteiger partial charge < -0.3 is 5.73 Å². The Hall–Kier alpha value is -2.93. The van der Waals surface area contributed by atoms with Gasteiger partial charge in [-0.2, -0.15) is 5.26 Å². The average Bonchev–Trinajstić information content (AvgIpc) is 2.46. The minimum atomic E-state index is -0.510. The van der Waals surface area contributed by atoms with Crippen LogP contribution in [0, 0.1) is 17.1 Å². The number of benzene rings is 2. The molecule has 0 unspecified atom stereocenters. The van der Waals surface area contributed by atoms with Gasteiger partial charge in [-0.15, -0.1) is 0 Å². The number of carbonyl (C=O) groups excluding carboxylic acids is 1. The minimum Gasteiger partial charge on any atom is -0.366 e. The molecule has 1 amide bonds. The summed E-state index contributed by atoms with van der Waals surface area (Å²) in [7, 11) is 0. The quantitative estimate of drug-likeness (QED) is 0.868. The summed E-state index contributed by atoms with van der Waals surface area (Å²) in [5, 5.41) is 8.88. The third-order valence-electron chi connectivity index (χ3n) is 2.84. The van der Waals surface area contributed by atoms with E-state index in [4.69, 9.17) is 11.0 Å². The number of nitrogens with zero attached hydrogens (tertiary/aromatic N) is 1. The van der Waals surface area contributed by atoms with Crippen LogP contribution in [0.2, 0.25) is 0 Å². The fraction of sp³-hybridized carbons (Fsp3) is 0. The van der Waals surface area contributed by atoms with Crippen LogP contribution in [-0.4, -0.2) is 5.91 Å². The van der Waals surface area contributed by atoms with Crippen molar-refractivity contribution >= 4 is 11.5 Å². The molecule has 0 spiro atoms. The molecule has 4 heteroatoms. The summed E-state index contributed by atoms with van der Waals surface area (Å²) in [6.45, 7) is 0. The Morgan fingerprint density at radius 3 is 1.90 bits per heavy atom. The molecule has 0 bridgehead atoms. The van der Waals surface area contributed by atoms with Crippen molar-refractivity contribution in [3.8, 4) is 6.07 Å². The summed E-state index contributed by atoms with van der Waals surface area (Å²) in [6.07, 6.45) is 1.38. The van der Waals surface area contributed by atoms with Gasteiger partial charge in [-0.1, -0.05) is 24.3 Å². The van der Waals surface area contributed by atoms with E-state index in [2.05, 4.69) is 0 Å². The fourth-order valence-electron chi connectivity index (χ4n) is 1.84. The average molecular weight is 266 g/mol. The van der Waals surface area contributed by atoms with Gasteiger partial charge in [0.15, 0.2) is 0 Å². The Morgan fingerprint density at radius 2 is 1.45 bits per heavy atom. The second-order valence-electron chi connectivity index (χ2n) is 4.14. The SMILES string of the molecule is N#CC=C(c1ccc(F)cc1)c1ccc(C(N)=O)cc1. The predicted octanol–water partition coefficient (Wildman–Crippen LogP) is 2.88. The van der Waals surface area contributed by atoms with Gasteiger partial charge in [0, 0.05) is 11.6 Å². The van der Waals surface area contributed by atoms with Crippen molar-refractivity contribution in [3.63, 3.8) is 0 Å². The number of halogens is 1. The molecule has 0 radical (unpaired) electrons. The van der Waals surface area contributed by atoms with E-state index in [1.807, 2.05) is 6.07 Å². The summed E-state index contributed by atoms with van der Waals surface area (Å²) < 4.78 is 12.9. The second-order valence-corrected chi connectivity index (χ2v) is 4.14. The first-order valence-electron chi connectivity index (χ1n) is 5.88. The van der Waals surface area contributed by atoms with Crippen molar-refractivity contribution in [3.05, 3.63) is 77.1 Å². The van der Waals surface area contributed by atoms with E-state index >= 15 is 0 Å². The lowest BCUT2D eigenvalue weighted by atomic mass is 9.97. The molecule has 0 aliphatic rings. The fourth-order valence-corrected chi connectivity index (χ4v) is 1.84. The molecule has 0 aromatic heterocycles. The number of rotatable bonds is 3. The molecule has 2 rings (SSSR count). The number of nitrogens with two attached hydrogens (primary N) is 1. The van der Waals surface area contributed by atoms with Gasteiger partial charge in [0.05, 0.1) is 6.07 Å². The molecular formula is C16H11FN2O. The zero-order valence-electron chi connectivity index (χ0n) is 10.5. The minimum absolute atomic E-state index is 0.339. The van der Waals surface area contributed by atoms with Crippen LogP contribution in [0.5, 0.6) is 0 Å². The van der Waals surface area contributed by atoms with Crippen LogP contribution in [0.4, 0.5) is 4.39 Å². The van der Waals surface area contributed by atoms with Crippen molar-refractivity contribution in [2.75, 3.05) is 0 Å². The molecule has 3 nitrogen and oxygen atoms in total. The first kappa shape index (κ1) is 13.5. The highest BCUT2D eigenvalue weighted by Gasteiger charge is 2.07. The van der Waals surface area contributed by atoms with Crippen LogP contribution in [-0.2, 0) is 0 Å². The molecule has 0 atom stereocenters. The summed E-state index contributed by atoms with van der Waals surface area (Å²) in [5.74, 6) is -0.849. The molecule has 0 saturated heterocycles. The zero-order valence-corrected chi connectivity index (χ0v) is 10.5. The normalized spacial score (nSPS) is 10.9. The number of nitriles is 1. The lowest BCUT2D eigenvalue weighted by molar-refractivity contribution is 0.100. The van der Waals surface area contributed by atoms with Crippen LogP contribution in [0.15, 0.2) is 54.6 Å². The molecule has 0 heterocycles. The van der Waals surface area contributed by atoms with Crippen LogP contribution in [0.3, 0.4) is 0 Å². The molecule has 0 aliphatic heterocycles. The third kappa shape index (κ3) is 2.90. The summed E-state index contributed by atoms with van der Waals surface area (Å²) in [5.41, 5.74) is 7.70. The monoisotopic (exact) mass is 266 g/mol. The van der Waals surface area contributed by atoms with Gasteiger partial charge >= 0.3 is 0 Å². The maximum Gasteiger partial charge on any atom is 0.248 e. The highest BCUT2D eigenvalue weighted by Crippen LogP contribution is 2.23. The number of allylic oxidation sites excluding steroid dienone is 1. The number of carbonyl (C=O) groups is 1. The molecule has 98 valence electrons. The maximum absolute atomic E-state index is 12.9. The Labute approximate surface area is 115 Å². The molecular weight excluding hydrogens is 255 g/mol. The third-order valence-corrected chi connectivity index (χ3v) is 2.84. The van der Waals surface area contributed by atoms with Gasteiger partial charge in [0.25, 0.3) is 0 Å². The Morgan fingerprint density at radius 1 is 1.00 bits per heavy atom. The van der Waals surface area contributed by atoms with Gasteiger partial charge in [0.1, 0.15) is 5.82 Å². The van der Waals surface area contributed by atoms with Crippen molar-refractivity contribution in [1.82, 2.24) is 0 Å². The molecule has 20 heavy (non-hydrogen) atoms. The second kappa shape index (κ2) is 5.81. The van der Waals surface area contributed by atoms with Gasteiger partial charge in [-0.25, -0.2) is 4.39 Å². The molecule has 2 N–H and O–H groups in total. The first-order chi connectivity index (χ1) is 9.61. The Bertz CT molecular complexity index is 695. The number of amides is 1. The first-order valence-corrected chi connectivity index (χ1v) is 5.88. The van der Waals surface area contributed by atoms with E-state index in [1.165, 1.54) is 18.2 Å². The van der Waals surface area contributed by atoms with E-state index in [9.17, 15) is 9.18 Å². The summed E-state index contributed by atoms with van der Waals surface area (Å²) in [4.78, 5) is 11.0. The van der Waals surface area contributed by atoms with E-state index in [0.29, 0.717) is 11.1 Å². The molecule has 0 saturated carbocycles. The standard InChI is InChI=1S/C16H11FN2O/c17-14-7-5-12(6-8-14)15(9-10-18)11-1-3-13(4-2-11)16(19)20/h1-9H,(H2,19,20). The largest absolute Gasteiger partial charge is 0.366 e. The lowest BCUT2D eigenvalue weighted by Crippen LogP contribution is -2.10. The van der Waals surface area contributed by atoms with Gasteiger partial charge in [-0.05, 0) is 41.0 Å². The summed E-state index contributed by atoms with van der Waals surface area (Å²) >= 11 is 0. The van der Waals surface area contributed by atoms with Crippen molar-refractivity contribution in [1.29, 1.82) is 5.26 Å². The topological polar surface area (TPSA) is 66.9 Å². The predicted molar refractivity (Wildman–Crippen MR) is 74.1 cm³/mol. The number of hydrogen-bond donors (Lipinski definition) is 1. The highest BCUT2D eigenvalue weighted by molar-refractivity contribution is 5.93. The van der Waals surface area contributed by atoms with Gasteiger partial charge in [0.2, 0.25) is 5.91 Å². The van der Waals surface area contributed by atoms with Gasteiger partial charge in [-0.3, -0.25) is 4.79 Å². The van der Waals surface area contributed by atoms with E-state index in [0.717, 1.165) is 11.1 Å². The van der Waals surface area contributed by atoms with Crippen molar-refractivity contribution in [2.45, 2.75) is 0 Å². The van der Waals surface area contributed by atoms with E-state index < -0.39 is 5.91 Å². The summed E-state index contributed by atoms with van der Waals surface area (Å²) in [6, 6.07) is 14.4. The molecule has 2 aromatic carbocycles. The van der Waals surface area contributed by atoms with Crippen LogP contribution in [0.25, 0.3) is 5.57 Å². The molecule has 0 aliphatic carbocycles. The zero-order chi connectivity index (χ0) is 14.5. The molecule has 2 aromatic rings. The maximum atomic E-state index is 12.9. The van der Waals surface area contributed by atoms with Crippen LogP contribution in [0.1, 0.15) is 21.5 Å². The molecule has 0 fully saturated rings. The highest BCUT2D eigenvalue weighted by atomic mass is 19.1.